The smallest absolute Gasteiger partial charge is 0.160 e. The zero-order valence-corrected chi connectivity index (χ0v) is 18.8. The van der Waals surface area contributed by atoms with E-state index in [4.69, 9.17) is 14.7 Å². The lowest BCUT2D eigenvalue weighted by Gasteiger charge is -2.54. The number of fused-ring (bicyclic) bond motifs is 3. The van der Waals surface area contributed by atoms with E-state index >= 15 is 0 Å². The third-order valence-corrected chi connectivity index (χ3v) is 8.10. The molecule has 6 rings (SSSR count). The van der Waals surface area contributed by atoms with Crippen LogP contribution in [0.25, 0.3) is 0 Å². The molecule has 2 saturated heterocycles. The van der Waals surface area contributed by atoms with Gasteiger partial charge in [-0.3, -0.25) is 4.90 Å². The number of piperazine rings is 1. The number of rotatable bonds is 5. The van der Waals surface area contributed by atoms with Crippen LogP contribution in [0, 0.1) is 34.5 Å². The Morgan fingerprint density at radius 1 is 1.06 bits per heavy atom. The summed E-state index contributed by atoms with van der Waals surface area (Å²) in [6.45, 7) is 5.69. The molecule has 170 valence electrons. The Balaban J connectivity index is 1.21. The lowest BCUT2D eigenvalue weighted by molar-refractivity contribution is -0.265. The molecule has 3 aliphatic carbocycles. The molecule has 32 heavy (non-hydrogen) atoms. The minimum atomic E-state index is -0.00506. The first-order chi connectivity index (χ1) is 15.7. The van der Waals surface area contributed by atoms with Gasteiger partial charge in [0, 0.05) is 45.2 Å². The lowest BCUT2D eigenvalue weighted by Crippen LogP contribution is -2.57. The van der Waals surface area contributed by atoms with Gasteiger partial charge in [0.05, 0.1) is 11.2 Å². The third kappa shape index (κ3) is 4.35. The molecule has 1 aromatic heterocycles. The van der Waals surface area contributed by atoms with Crippen LogP contribution >= 0.6 is 0 Å². The molecule has 2 unspecified atom stereocenters. The minimum absolute atomic E-state index is 0.00423. The van der Waals surface area contributed by atoms with Crippen molar-refractivity contribution < 1.29 is 9.47 Å². The van der Waals surface area contributed by atoms with Crippen LogP contribution in [-0.4, -0.2) is 61.1 Å². The molecule has 2 bridgehead atoms. The molecule has 3 saturated carbocycles. The summed E-state index contributed by atoms with van der Waals surface area (Å²) in [4.78, 5) is 9.24. The Hall–Kier alpha value is -2.19. The Morgan fingerprint density at radius 2 is 1.88 bits per heavy atom. The summed E-state index contributed by atoms with van der Waals surface area (Å²) in [5.41, 5.74) is 0.564. The van der Waals surface area contributed by atoms with E-state index in [1.54, 1.807) is 6.07 Å². The summed E-state index contributed by atoms with van der Waals surface area (Å²) in [7, 11) is 0. The normalized spacial score (nSPS) is 32.9. The molecule has 5 fully saturated rings. The summed E-state index contributed by atoms with van der Waals surface area (Å²) in [6.07, 6.45) is 9.69. The van der Waals surface area contributed by atoms with Gasteiger partial charge >= 0.3 is 0 Å². The van der Waals surface area contributed by atoms with E-state index in [-0.39, 0.29) is 17.6 Å². The first-order valence-corrected chi connectivity index (χ1v) is 12.3. The van der Waals surface area contributed by atoms with Gasteiger partial charge in [0.15, 0.2) is 12.0 Å². The Kier molecular flexibility index (Phi) is 6.33. The van der Waals surface area contributed by atoms with E-state index < -0.39 is 0 Å². The second kappa shape index (κ2) is 9.35. The van der Waals surface area contributed by atoms with Gasteiger partial charge in [-0.25, -0.2) is 4.98 Å². The summed E-state index contributed by atoms with van der Waals surface area (Å²) < 4.78 is 12.7. The Labute approximate surface area is 190 Å². The summed E-state index contributed by atoms with van der Waals surface area (Å²) in [6, 6.07) is 7.66. The number of hydrogen-bond donors (Lipinski definition) is 0. The van der Waals surface area contributed by atoms with E-state index in [0.717, 1.165) is 63.9 Å². The summed E-state index contributed by atoms with van der Waals surface area (Å²) in [5, 5.41) is 18.4. The van der Waals surface area contributed by atoms with Crippen molar-refractivity contribution >= 4 is 5.82 Å². The average Bonchev–Trinajstić information content (AvgIpc) is 2.85. The van der Waals surface area contributed by atoms with Crippen molar-refractivity contribution in [2.75, 3.05) is 44.2 Å². The number of nitriles is 2. The highest BCUT2D eigenvalue weighted by Gasteiger charge is 2.50. The van der Waals surface area contributed by atoms with Gasteiger partial charge in [0.25, 0.3) is 0 Å². The number of ether oxygens (including phenoxy) is 2. The standard InChI is InChI=1S/C25H33N5O2/c26-16-20-4-5-23(28-22(20)17-27)30-12-10-29(11-13-30)18-21-15-19-6-8-25(21,9-7-19)32-24-3-1-2-14-31-24/h4-5,19,21,24H,1-3,6-15,18H2. The molecular formula is C25H33N5O2. The fourth-order valence-corrected chi connectivity index (χ4v) is 6.22. The van der Waals surface area contributed by atoms with Gasteiger partial charge in [-0.15, -0.1) is 0 Å². The molecule has 7 nitrogen and oxygen atoms in total. The number of nitrogens with zero attached hydrogens (tertiary/aromatic N) is 5. The third-order valence-electron chi connectivity index (χ3n) is 8.10. The second-order valence-electron chi connectivity index (χ2n) is 9.93. The van der Waals surface area contributed by atoms with Gasteiger partial charge in [-0.05, 0) is 69.4 Å². The molecule has 0 aromatic carbocycles. The largest absolute Gasteiger partial charge is 0.354 e. The first-order valence-electron chi connectivity index (χ1n) is 12.3. The molecular weight excluding hydrogens is 402 g/mol. The summed E-state index contributed by atoms with van der Waals surface area (Å²) in [5.74, 6) is 2.25. The van der Waals surface area contributed by atoms with Crippen molar-refractivity contribution in [1.82, 2.24) is 9.88 Å². The van der Waals surface area contributed by atoms with Crippen LogP contribution in [0.4, 0.5) is 5.82 Å². The van der Waals surface area contributed by atoms with Crippen molar-refractivity contribution in [2.24, 2.45) is 11.8 Å². The second-order valence-corrected chi connectivity index (χ2v) is 9.93. The Morgan fingerprint density at radius 3 is 2.56 bits per heavy atom. The quantitative estimate of drug-likeness (QED) is 0.700. The maximum atomic E-state index is 9.28. The zero-order chi connectivity index (χ0) is 22.0. The number of anilines is 1. The fraction of sp³-hybridized carbons (Fsp3) is 0.720. The van der Waals surface area contributed by atoms with Gasteiger partial charge in [-0.1, -0.05) is 0 Å². The van der Waals surface area contributed by atoms with Crippen molar-refractivity contribution in [3.05, 3.63) is 23.4 Å². The molecule has 0 N–H and O–H groups in total. The maximum Gasteiger partial charge on any atom is 0.160 e. The molecule has 0 amide bonds. The molecule has 2 aliphatic heterocycles. The molecule has 5 aliphatic rings. The molecule has 7 heteroatoms. The van der Waals surface area contributed by atoms with Crippen LogP contribution < -0.4 is 4.90 Å². The first kappa shape index (κ1) is 21.6. The van der Waals surface area contributed by atoms with Gasteiger partial charge in [-0.2, -0.15) is 10.5 Å². The van der Waals surface area contributed by atoms with Gasteiger partial charge < -0.3 is 14.4 Å². The van der Waals surface area contributed by atoms with Crippen LogP contribution in [0.5, 0.6) is 0 Å². The van der Waals surface area contributed by atoms with Crippen LogP contribution in [0.1, 0.15) is 62.6 Å². The molecule has 0 radical (unpaired) electrons. The van der Waals surface area contributed by atoms with E-state index in [2.05, 4.69) is 14.8 Å². The van der Waals surface area contributed by atoms with E-state index in [0.29, 0.717) is 11.5 Å². The highest BCUT2D eigenvalue weighted by molar-refractivity contribution is 5.49. The van der Waals surface area contributed by atoms with Crippen molar-refractivity contribution in [3.8, 4) is 12.1 Å². The van der Waals surface area contributed by atoms with Crippen molar-refractivity contribution in [1.29, 1.82) is 10.5 Å². The molecule has 3 heterocycles. The predicted molar refractivity (Wildman–Crippen MR) is 120 cm³/mol. The number of aromatic nitrogens is 1. The highest BCUT2D eigenvalue weighted by atomic mass is 16.7. The zero-order valence-electron chi connectivity index (χ0n) is 18.8. The van der Waals surface area contributed by atoms with Crippen LogP contribution in [0.15, 0.2) is 12.1 Å². The Bertz CT molecular complexity index is 885. The molecule has 1 aromatic rings. The minimum Gasteiger partial charge on any atom is -0.354 e. The average molecular weight is 436 g/mol. The fourth-order valence-electron chi connectivity index (χ4n) is 6.22. The summed E-state index contributed by atoms with van der Waals surface area (Å²) >= 11 is 0. The van der Waals surface area contributed by atoms with Crippen molar-refractivity contribution in [3.63, 3.8) is 0 Å². The monoisotopic (exact) mass is 435 g/mol. The lowest BCUT2D eigenvalue weighted by atomic mass is 9.61. The van der Waals surface area contributed by atoms with Gasteiger partial charge in [0.1, 0.15) is 18.0 Å². The molecule has 0 spiro atoms. The van der Waals surface area contributed by atoms with E-state index in [1.165, 1.54) is 38.5 Å². The van der Waals surface area contributed by atoms with Crippen LogP contribution in [0.3, 0.4) is 0 Å². The van der Waals surface area contributed by atoms with Crippen molar-refractivity contribution in [2.45, 2.75) is 63.3 Å². The van der Waals surface area contributed by atoms with E-state index in [9.17, 15) is 5.26 Å². The van der Waals surface area contributed by atoms with Crippen LogP contribution in [0.2, 0.25) is 0 Å². The topological polar surface area (TPSA) is 85.4 Å². The predicted octanol–water partition coefficient (Wildman–Crippen LogP) is 3.44. The van der Waals surface area contributed by atoms with Gasteiger partial charge in [0.2, 0.25) is 0 Å². The highest BCUT2D eigenvalue weighted by Crippen LogP contribution is 2.51. The SMILES string of the molecule is N#Cc1ccc(N2CCN(CC3CC4CCC3(OC3CCCCO3)CC4)CC2)nc1C#N. The van der Waals surface area contributed by atoms with Crippen LogP contribution in [-0.2, 0) is 9.47 Å². The maximum absolute atomic E-state index is 9.28. The number of pyridine rings is 1. The van der Waals surface area contributed by atoms with E-state index in [1.807, 2.05) is 18.2 Å². The number of hydrogen-bond acceptors (Lipinski definition) is 7. The molecule has 2 atom stereocenters.